The SMILES string of the molecule is Cc1ccccc1-c1c(I)sc2ccc(CCl)cc12. The van der Waals surface area contributed by atoms with E-state index < -0.39 is 0 Å². The van der Waals surface area contributed by atoms with Crippen LogP contribution in [0.25, 0.3) is 21.2 Å². The van der Waals surface area contributed by atoms with E-state index in [1.807, 2.05) is 11.3 Å². The van der Waals surface area contributed by atoms with Crippen LogP contribution in [-0.4, -0.2) is 0 Å². The van der Waals surface area contributed by atoms with Crippen molar-refractivity contribution in [1.29, 1.82) is 0 Å². The Balaban J connectivity index is 2.34. The van der Waals surface area contributed by atoms with Crippen LogP contribution in [0.4, 0.5) is 0 Å². The van der Waals surface area contributed by atoms with Crippen molar-refractivity contribution in [3.8, 4) is 11.1 Å². The maximum Gasteiger partial charge on any atom is 0.0744 e. The molecule has 0 bridgehead atoms. The molecule has 0 radical (unpaired) electrons. The van der Waals surface area contributed by atoms with Crippen molar-refractivity contribution >= 4 is 55.6 Å². The van der Waals surface area contributed by atoms with Crippen molar-refractivity contribution in [2.75, 3.05) is 0 Å². The van der Waals surface area contributed by atoms with Gasteiger partial charge in [0, 0.05) is 21.5 Å². The van der Waals surface area contributed by atoms with Crippen molar-refractivity contribution in [3.05, 3.63) is 56.5 Å². The summed E-state index contributed by atoms with van der Waals surface area (Å²) in [6, 6.07) is 15.1. The summed E-state index contributed by atoms with van der Waals surface area (Å²) in [7, 11) is 0. The smallest absolute Gasteiger partial charge is 0.0744 e. The van der Waals surface area contributed by atoms with Gasteiger partial charge in [-0.3, -0.25) is 0 Å². The average Bonchev–Trinajstić information content (AvgIpc) is 2.74. The van der Waals surface area contributed by atoms with Gasteiger partial charge in [0.25, 0.3) is 0 Å². The normalized spacial score (nSPS) is 11.1. The molecule has 1 aromatic heterocycles. The van der Waals surface area contributed by atoms with E-state index in [0.29, 0.717) is 5.88 Å². The van der Waals surface area contributed by atoms with Crippen LogP contribution >= 0.6 is 45.5 Å². The van der Waals surface area contributed by atoms with Gasteiger partial charge in [0.1, 0.15) is 0 Å². The molecule has 0 aliphatic carbocycles. The quantitative estimate of drug-likeness (QED) is 0.355. The first-order valence-electron chi connectivity index (χ1n) is 6.03. The summed E-state index contributed by atoms with van der Waals surface area (Å²) < 4.78 is 2.67. The van der Waals surface area contributed by atoms with Crippen LogP contribution < -0.4 is 0 Å². The van der Waals surface area contributed by atoms with Crippen LogP contribution in [0.3, 0.4) is 0 Å². The summed E-state index contributed by atoms with van der Waals surface area (Å²) in [5.41, 5.74) is 5.17. The zero-order valence-electron chi connectivity index (χ0n) is 10.4. The maximum absolute atomic E-state index is 5.97. The minimum Gasteiger partial charge on any atom is -0.128 e. The topological polar surface area (TPSA) is 0 Å². The number of halogens is 2. The molecule has 3 aromatic rings. The molecule has 96 valence electrons. The van der Waals surface area contributed by atoms with E-state index in [-0.39, 0.29) is 0 Å². The second-order valence-corrected chi connectivity index (χ2v) is 7.66. The molecule has 19 heavy (non-hydrogen) atoms. The molecule has 3 rings (SSSR count). The highest BCUT2D eigenvalue weighted by atomic mass is 127. The van der Waals surface area contributed by atoms with Gasteiger partial charge in [0.15, 0.2) is 0 Å². The van der Waals surface area contributed by atoms with Crippen LogP contribution in [0.1, 0.15) is 11.1 Å². The lowest BCUT2D eigenvalue weighted by atomic mass is 9.99. The molecule has 0 aliphatic heterocycles. The summed E-state index contributed by atoms with van der Waals surface area (Å²) in [5, 5.41) is 1.32. The highest BCUT2D eigenvalue weighted by molar-refractivity contribution is 14.1. The summed E-state index contributed by atoms with van der Waals surface area (Å²) in [5.74, 6) is 0.565. The molecule has 0 N–H and O–H groups in total. The highest BCUT2D eigenvalue weighted by Gasteiger charge is 2.14. The van der Waals surface area contributed by atoms with Gasteiger partial charge < -0.3 is 0 Å². The molecule has 0 aliphatic rings. The first-order valence-corrected chi connectivity index (χ1v) is 8.46. The van der Waals surface area contributed by atoms with Gasteiger partial charge in [0.05, 0.1) is 2.88 Å². The lowest BCUT2D eigenvalue weighted by molar-refractivity contribution is 1.43. The van der Waals surface area contributed by atoms with Crippen molar-refractivity contribution in [2.45, 2.75) is 12.8 Å². The van der Waals surface area contributed by atoms with Crippen molar-refractivity contribution in [3.63, 3.8) is 0 Å². The first-order chi connectivity index (χ1) is 9.20. The highest BCUT2D eigenvalue weighted by Crippen LogP contribution is 2.41. The number of aryl methyl sites for hydroxylation is 1. The summed E-state index contributed by atoms with van der Waals surface area (Å²) in [6.45, 7) is 2.17. The Labute approximate surface area is 135 Å². The fourth-order valence-corrected chi connectivity index (χ4v) is 4.68. The van der Waals surface area contributed by atoms with Gasteiger partial charge in [0.2, 0.25) is 0 Å². The number of hydrogen-bond acceptors (Lipinski definition) is 1. The molecule has 0 fully saturated rings. The Bertz CT molecular complexity index is 746. The summed E-state index contributed by atoms with van der Waals surface area (Å²) >= 11 is 10.3. The van der Waals surface area contributed by atoms with E-state index >= 15 is 0 Å². The molecule has 0 unspecified atom stereocenters. The molecular weight excluding hydrogens is 387 g/mol. The minimum atomic E-state index is 0.565. The Morgan fingerprint density at radius 1 is 1.16 bits per heavy atom. The fourth-order valence-electron chi connectivity index (χ4n) is 2.30. The van der Waals surface area contributed by atoms with E-state index in [9.17, 15) is 0 Å². The molecule has 2 aromatic carbocycles. The van der Waals surface area contributed by atoms with Crippen molar-refractivity contribution in [1.82, 2.24) is 0 Å². The number of rotatable bonds is 2. The number of hydrogen-bond donors (Lipinski definition) is 0. The van der Waals surface area contributed by atoms with E-state index in [1.54, 1.807) is 0 Å². The Hall–Kier alpha value is -0.580. The maximum atomic E-state index is 5.97. The Morgan fingerprint density at radius 3 is 2.68 bits per heavy atom. The van der Waals surface area contributed by atoms with Crippen molar-refractivity contribution in [2.24, 2.45) is 0 Å². The average molecular weight is 399 g/mol. The van der Waals surface area contributed by atoms with Crippen LogP contribution in [0.15, 0.2) is 42.5 Å². The third kappa shape index (κ3) is 2.41. The molecule has 0 saturated carbocycles. The number of thiophene rings is 1. The third-order valence-corrected chi connectivity index (χ3v) is 5.75. The van der Waals surface area contributed by atoms with Crippen LogP contribution in [-0.2, 0) is 5.88 Å². The molecule has 0 atom stereocenters. The Kier molecular flexibility index (Phi) is 3.83. The van der Waals surface area contributed by atoms with Crippen molar-refractivity contribution < 1.29 is 0 Å². The molecule has 0 nitrogen and oxygen atoms in total. The predicted molar refractivity (Wildman–Crippen MR) is 94.3 cm³/mol. The largest absolute Gasteiger partial charge is 0.128 e. The second-order valence-electron chi connectivity index (χ2n) is 4.53. The zero-order valence-corrected chi connectivity index (χ0v) is 14.1. The number of alkyl halides is 1. The van der Waals surface area contributed by atoms with Gasteiger partial charge in [-0.1, -0.05) is 30.3 Å². The van der Waals surface area contributed by atoms with Crippen LogP contribution in [0.5, 0.6) is 0 Å². The summed E-state index contributed by atoms with van der Waals surface area (Å²) in [6.07, 6.45) is 0. The fraction of sp³-hybridized carbons (Fsp3) is 0.125. The van der Waals surface area contributed by atoms with E-state index in [4.69, 9.17) is 11.6 Å². The lowest BCUT2D eigenvalue weighted by Crippen LogP contribution is -1.84. The molecular formula is C16H12ClIS. The Morgan fingerprint density at radius 2 is 1.95 bits per heavy atom. The predicted octanol–water partition coefficient (Wildman–Crippen LogP) is 6.22. The zero-order chi connectivity index (χ0) is 13.4. The molecule has 3 heteroatoms. The molecule has 0 spiro atoms. The first kappa shape index (κ1) is 13.4. The van der Waals surface area contributed by atoms with Gasteiger partial charge in [-0.2, -0.15) is 0 Å². The van der Waals surface area contributed by atoms with E-state index in [2.05, 4.69) is 72.0 Å². The molecule has 0 saturated heterocycles. The second kappa shape index (κ2) is 5.43. The van der Waals surface area contributed by atoms with Gasteiger partial charge in [-0.05, 0) is 58.3 Å². The van der Waals surface area contributed by atoms with Crippen LogP contribution in [0.2, 0.25) is 0 Å². The number of fused-ring (bicyclic) bond motifs is 1. The molecule has 1 heterocycles. The third-order valence-electron chi connectivity index (χ3n) is 3.28. The van der Waals surface area contributed by atoms with E-state index in [0.717, 1.165) is 0 Å². The van der Waals surface area contributed by atoms with Crippen LogP contribution in [0, 0.1) is 9.81 Å². The number of benzene rings is 2. The summed E-state index contributed by atoms with van der Waals surface area (Å²) in [4.78, 5) is 0. The standard InChI is InChI=1S/C16H12ClIS/c1-10-4-2-3-5-12(10)15-13-8-11(9-17)6-7-14(13)19-16(15)18/h2-8H,9H2,1H3. The molecule has 0 amide bonds. The van der Waals surface area contributed by atoms with Gasteiger partial charge >= 0.3 is 0 Å². The minimum absolute atomic E-state index is 0.565. The van der Waals surface area contributed by atoms with E-state index in [1.165, 1.54) is 35.2 Å². The lowest BCUT2D eigenvalue weighted by Gasteiger charge is -2.06. The monoisotopic (exact) mass is 398 g/mol. The van der Waals surface area contributed by atoms with Gasteiger partial charge in [-0.15, -0.1) is 22.9 Å². The van der Waals surface area contributed by atoms with Gasteiger partial charge in [-0.25, -0.2) is 0 Å².